The van der Waals surface area contributed by atoms with E-state index in [0.29, 0.717) is 12.6 Å². The van der Waals surface area contributed by atoms with Gasteiger partial charge in [0, 0.05) is 25.7 Å². The Labute approximate surface area is 123 Å². The van der Waals surface area contributed by atoms with E-state index in [1.54, 1.807) is 0 Å². The molecule has 0 saturated carbocycles. The van der Waals surface area contributed by atoms with Crippen molar-refractivity contribution < 1.29 is 5.11 Å². The van der Waals surface area contributed by atoms with Crippen LogP contribution in [-0.4, -0.2) is 41.3 Å². The average molecular weight is 276 g/mol. The van der Waals surface area contributed by atoms with Crippen molar-refractivity contribution in [3.8, 4) is 0 Å². The summed E-state index contributed by atoms with van der Waals surface area (Å²) in [4.78, 5) is 2.51. The van der Waals surface area contributed by atoms with E-state index < -0.39 is 5.60 Å². The van der Waals surface area contributed by atoms with Gasteiger partial charge < -0.3 is 10.4 Å². The van der Waals surface area contributed by atoms with Crippen LogP contribution in [0.4, 0.5) is 0 Å². The van der Waals surface area contributed by atoms with Crippen molar-refractivity contribution in [3.05, 3.63) is 35.9 Å². The molecule has 0 aromatic heterocycles. The first kappa shape index (κ1) is 15.5. The minimum atomic E-state index is -0.582. The molecule has 2 unspecified atom stereocenters. The second-order valence-corrected chi connectivity index (χ2v) is 6.29. The molecule has 1 aromatic carbocycles. The summed E-state index contributed by atoms with van der Waals surface area (Å²) in [6, 6.07) is 11.2. The predicted octanol–water partition coefficient (Wildman–Crippen LogP) is 2.40. The zero-order valence-electron chi connectivity index (χ0n) is 12.8. The third-order valence-corrected chi connectivity index (χ3v) is 4.29. The van der Waals surface area contributed by atoms with Gasteiger partial charge in [0.15, 0.2) is 0 Å². The van der Waals surface area contributed by atoms with Gasteiger partial charge in [0.05, 0.1) is 5.60 Å². The Morgan fingerprint density at radius 1 is 1.35 bits per heavy atom. The molecule has 1 heterocycles. The number of hydrogen-bond donors (Lipinski definition) is 2. The standard InChI is InChI=1S/C17H28N2O/c1-3-17(2,20)14-18-16-10-7-11-19(13-16)12-15-8-5-4-6-9-15/h4-6,8-9,16,18,20H,3,7,10-14H2,1-2H3. The fourth-order valence-electron chi connectivity index (χ4n) is 2.70. The van der Waals surface area contributed by atoms with Crippen LogP contribution in [0.25, 0.3) is 0 Å². The van der Waals surface area contributed by atoms with Crippen LogP contribution in [0.5, 0.6) is 0 Å². The topological polar surface area (TPSA) is 35.5 Å². The van der Waals surface area contributed by atoms with Crippen molar-refractivity contribution in [1.82, 2.24) is 10.2 Å². The lowest BCUT2D eigenvalue weighted by Gasteiger charge is -2.35. The highest BCUT2D eigenvalue weighted by Gasteiger charge is 2.23. The molecule has 20 heavy (non-hydrogen) atoms. The lowest BCUT2D eigenvalue weighted by atomic mass is 10.0. The van der Waals surface area contributed by atoms with Gasteiger partial charge in [-0.3, -0.25) is 4.90 Å². The molecule has 2 atom stereocenters. The highest BCUT2D eigenvalue weighted by molar-refractivity contribution is 5.14. The maximum absolute atomic E-state index is 10.1. The first-order valence-corrected chi connectivity index (χ1v) is 7.81. The number of rotatable bonds is 6. The average Bonchev–Trinajstić information content (AvgIpc) is 2.47. The smallest absolute Gasteiger partial charge is 0.0741 e. The summed E-state index contributed by atoms with van der Waals surface area (Å²) >= 11 is 0. The van der Waals surface area contributed by atoms with Gasteiger partial charge in [-0.15, -0.1) is 0 Å². The molecule has 2 N–H and O–H groups in total. The second-order valence-electron chi connectivity index (χ2n) is 6.29. The third kappa shape index (κ3) is 4.89. The molecule has 1 saturated heterocycles. The molecule has 3 nitrogen and oxygen atoms in total. The van der Waals surface area contributed by atoms with Gasteiger partial charge >= 0.3 is 0 Å². The third-order valence-electron chi connectivity index (χ3n) is 4.29. The van der Waals surface area contributed by atoms with E-state index in [4.69, 9.17) is 0 Å². The van der Waals surface area contributed by atoms with Gasteiger partial charge in [0.2, 0.25) is 0 Å². The summed E-state index contributed by atoms with van der Waals surface area (Å²) in [6.45, 7) is 7.91. The van der Waals surface area contributed by atoms with Crippen molar-refractivity contribution in [2.24, 2.45) is 0 Å². The van der Waals surface area contributed by atoms with Crippen molar-refractivity contribution in [2.45, 2.75) is 51.3 Å². The second kappa shape index (κ2) is 7.21. The van der Waals surface area contributed by atoms with E-state index in [9.17, 15) is 5.11 Å². The van der Waals surface area contributed by atoms with Crippen LogP contribution in [0.1, 0.15) is 38.7 Å². The first-order valence-electron chi connectivity index (χ1n) is 7.81. The molecule has 0 bridgehead atoms. The van der Waals surface area contributed by atoms with Gasteiger partial charge in [-0.1, -0.05) is 37.3 Å². The summed E-state index contributed by atoms with van der Waals surface area (Å²) in [5.74, 6) is 0. The Morgan fingerprint density at radius 3 is 2.80 bits per heavy atom. The molecule has 0 spiro atoms. The highest BCUT2D eigenvalue weighted by Crippen LogP contribution is 2.15. The first-order chi connectivity index (χ1) is 9.59. The normalized spacial score (nSPS) is 23.4. The summed E-state index contributed by atoms with van der Waals surface area (Å²) < 4.78 is 0. The molecule has 0 amide bonds. The van der Waals surface area contributed by atoms with E-state index >= 15 is 0 Å². The monoisotopic (exact) mass is 276 g/mol. The number of nitrogens with one attached hydrogen (secondary N) is 1. The maximum Gasteiger partial charge on any atom is 0.0741 e. The summed E-state index contributed by atoms with van der Waals surface area (Å²) in [5.41, 5.74) is 0.801. The van der Waals surface area contributed by atoms with Gasteiger partial charge in [-0.2, -0.15) is 0 Å². The Balaban J connectivity index is 1.80. The predicted molar refractivity (Wildman–Crippen MR) is 83.7 cm³/mol. The van der Waals surface area contributed by atoms with Crippen molar-refractivity contribution in [1.29, 1.82) is 0 Å². The number of benzene rings is 1. The van der Waals surface area contributed by atoms with Gasteiger partial charge in [0.1, 0.15) is 0 Å². The molecule has 0 radical (unpaired) electrons. The summed E-state index contributed by atoms with van der Waals surface area (Å²) in [5, 5.41) is 13.6. The van der Waals surface area contributed by atoms with E-state index in [1.807, 2.05) is 13.8 Å². The zero-order chi connectivity index (χ0) is 14.4. The lowest BCUT2D eigenvalue weighted by Crippen LogP contribution is -2.49. The van der Waals surface area contributed by atoms with Gasteiger partial charge in [-0.25, -0.2) is 0 Å². The Morgan fingerprint density at radius 2 is 2.10 bits per heavy atom. The molecule has 112 valence electrons. The summed E-state index contributed by atoms with van der Waals surface area (Å²) in [7, 11) is 0. The van der Waals surface area contributed by atoms with Crippen LogP contribution in [0.15, 0.2) is 30.3 Å². The van der Waals surface area contributed by atoms with Crippen LogP contribution in [0.3, 0.4) is 0 Å². The quantitative estimate of drug-likeness (QED) is 0.837. The zero-order valence-corrected chi connectivity index (χ0v) is 12.8. The SMILES string of the molecule is CCC(C)(O)CNC1CCCN(Cc2ccccc2)C1. The molecule has 3 heteroatoms. The van der Waals surface area contributed by atoms with E-state index in [-0.39, 0.29) is 0 Å². The molecular weight excluding hydrogens is 248 g/mol. The number of aliphatic hydroxyl groups is 1. The highest BCUT2D eigenvalue weighted by atomic mass is 16.3. The number of hydrogen-bond acceptors (Lipinski definition) is 3. The van der Waals surface area contributed by atoms with Crippen LogP contribution >= 0.6 is 0 Å². The minimum absolute atomic E-state index is 0.505. The molecule has 1 aliphatic rings. The Bertz CT molecular complexity index is 391. The molecule has 0 aliphatic carbocycles. The van der Waals surface area contributed by atoms with Crippen molar-refractivity contribution in [3.63, 3.8) is 0 Å². The van der Waals surface area contributed by atoms with Crippen LogP contribution < -0.4 is 5.32 Å². The van der Waals surface area contributed by atoms with Crippen LogP contribution in [0.2, 0.25) is 0 Å². The minimum Gasteiger partial charge on any atom is -0.389 e. The van der Waals surface area contributed by atoms with E-state index in [0.717, 1.165) is 19.5 Å². The fourth-order valence-corrected chi connectivity index (χ4v) is 2.70. The van der Waals surface area contributed by atoms with Crippen LogP contribution in [-0.2, 0) is 6.54 Å². The number of likely N-dealkylation sites (tertiary alicyclic amines) is 1. The van der Waals surface area contributed by atoms with E-state index in [2.05, 4.69) is 40.5 Å². The molecular formula is C17H28N2O. The fraction of sp³-hybridized carbons (Fsp3) is 0.647. The van der Waals surface area contributed by atoms with Crippen LogP contribution in [0, 0.1) is 0 Å². The molecule has 1 fully saturated rings. The largest absolute Gasteiger partial charge is 0.389 e. The number of piperidine rings is 1. The Kier molecular flexibility index (Phi) is 5.58. The van der Waals surface area contributed by atoms with E-state index in [1.165, 1.54) is 24.9 Å². The van der Waals surface area contributed by atoms with Crippen molar-refractivity contribution in [2.75, 3.05) is 19.6 Å². The Hall–Kier alpha value is -0.900. The lowest BCUT2D eigenvalue weighted by molar-refractivity contribution is 0.0481. The van der Waals surface area contributed by atoms with Gasteiger partial charge in [0.25, 0.3) is 0 Å². The van der Waals surface area contributed by atoms with Gasteiger partial charge in [-0.05, 0) is 38.3 Å². The van der Waals surface area contributed by atoms with Crippen molar-refractivity contribution >= 4 is 0 Å². The molecule has 1 aliphatic heterocycles. The number of nitrogens with zero attached hydrogens (tertiary/aromatic N) is 1. The molecule has 1 aromatic rings. The molecule has 2 rings (SSSR count). The summed E-state index contributed by atoms with van der Waals surface area (Å²) in [6.07, 6.45) is 3.24. The maximum atomic E-state index is 10.1.